The minimum atomic E-state index is -0.612. The molecule has 0 fully saturated rings. The van der Waals surface area contributed by atoms with Gasteiger partial charge in [0, 0.05) is 5.75 Å². The van der Waals surface area contributed by atoms with Gasteiger partial charge in [-0.05, 0) is 27.3 Å². The van der Waals surface area contributed by atoms with Crippen LogP contribution < -0.4 is 0 Å². The maximum absolute atomic E-state index is 8.39. The average Bonchev–Trinajstić information content (AvgIpc) is 1.30. The lowest BCUT2D eigenvalue weighted by molar-refractivity contribution is 0.322. The molecule has 0 spiro atoms. The second-order valence-corrected chi connectivity index (χ2v) is 10.3. The summed E-state index contributed by atoms with van der Waals surface area (Å²) in [6.07, 6.45) is 4.23. The molecule has 0 bridgehead atoms. The SMILES string of the molecule is CS(C)(Br)CCO. The molecule has 0 aromatic rings. The van der Waals surface area contributed by atoms with Crippen molar-refractivity contribution < 1.29 is 5.11 Å². The number of hydrogen-bond acceptors (Lipinski definition) is 1. The summed E-state index contributed by atoms with van der Waals surface area (Å²) < 4.78 is 0. The molecule has 7 heavy (non-hydrogen) atoms. The monoisotopic (exact) mass is 186 g/mol. The van der Waals surface area contributed by atoms with Crippen molar-refractivity contribution in [3.05, 3.63) is 0 Å². The van der Waals surface area contributed by atoms with E-state index in [-0.39, 0.29) is 0 Å². The van der Waals surface area contributed by atoms with Crippen LogP contribution in [0.1, 0.15) is 0 Å². The zero-order chi connectivity index (χ0) is 5.91. The molecular formula is C4H11BrOS. The minimum Gasteiger partial charge on any atom is -0.396 e. The van der Waals surface area contributed by atoms with Gasteiger partial charge in [-0.3, -0.25) is 0 Å². The number of aliphatic hydroxyl groups is 1. The molecule has 0 amide bonds. The fourth-order valence-corrected chi connectivity index (χ4v) is 1.09. The van der Waals surface area contributed by atoms with E-state index in [2.05, 4.69) is 27.3 Å². The molecule has 0 rings (SSSR count). The second kappa shape index (κ2) is 2.95. The predicted octanol–water partition coefficient (Wildman–Crippen LogP) is 1.35. The van der Waals surface area contributed by atoms with Crippen molar-refractivity contribution in [3.63, 3.8) is 0 Å². The fraction of sp³-hybridized carbons (Fsp3) is 1.00. The first-order valence-corrected chi connectivity index (χ1v) is 6.54. The Morgan fingerprint density at radius 1 is 1.57 bits per heavy atom. The van der Waals surface area contributed by atoms with Gasteiger partial charge in [-0.15, -0.1) is 0 Å². The van der Waals surface area contributed by atoms with Crippen molar-refractivity contribution in [1.82, 2.24) is 0 Å². The molecule has 0 unspecified atom stereocenters. The van der Waals surface area contributed by atoms with Gasteiger partial charge in [-0.2, -0.15) is 8.46 Å². The van der Waals surface area contributed by atoms with Crippen molar-refractivity contribution in [2.45, 2.75) is 0 Å². The molecule has 0 aromatic heterocycles. The highest BCUT2D eigenvalue weighted by molar-refractivity contribution is 9.58. The number of aliphatic hydroxyl groups excluding tert-OH is 1. The van der Waals surface area contributed by atoms with Gasteiger partial charge < -0.3 is 5.11 Å². The van der Waals surface area contributed by atoms with Crippen LogP contribution in [0.4, 0.5) is 0 Å². The zero-order valence-corrected chi connectivity index (χ0v) is 7.05. The number of rotatable bonds is 2. The smallest absolute Gasteiger partial charge is 0.0514 e. The summed E-state index contributed by atoms with van der Waals surface area (Å²) in [5.74, 6) is 0.896. The predicted molar refractivity (Wildman–Crippen MR) is 40.3 cm³/mol. The maximum atomic E-state index is 8.39. The van der Waals surface area contributed by atoms with Gasteiger partial charge in [0.1, 0.15) is 0 Å². The Morgan fingerprint density at radius 3 is 2.00 bits per heavy atom. The van der Waals surface area contributed by atoms with E-state index in [0.29, 0.717) is 6.61 Å². The van der Waals surface area contributed by atoms with E-state index in [0.717, 1.165) is 5.75 Å². The molecule has 0 radical (unpaired) electrons. The first-order valence-electron chi connectivity index (χ1n) is 2.08. The summed E-state index contributed by atoms with van der Waals surface area (Å²) in [7, 11) is -0.612. The Hall–Kier alpha value is 0.790. The van der Waals surface area contributed by atoms with Gasteiger partial charge >= 0.3 is 0 Å². The van der Waals surface area contributed by atoms with Crippen LogP contribution in [0.25, 0.3) is 0 Å². The zero-order valence-electron chi connectivity index (χ0n) is 4.65. The second-order valence-electron chi connectivity index (χ2n) is 1.83. The van der Waals surface area contributed by atoms with E-state index in [1.807, 2.05) is 0 Å². The lowest BCUT2D eigenvalue weighted by Gasteiger charge is -2.19. The summed E-state index contributed by atoms with van der Waals surface area (Å²) in [6.45, 7) is 0.299. The average molecular weight is 187 g/mol. The van der Waals surface area contributed by atoms with Gasteiger partial charge in [0.2, 0.25) is 0 Å². The molecule has 0 atom stereocenters. The first-order chi connectivity index (χ1) is 3.06. The standard InChI is InChI=1S/C4H11BrOS/c1-7(2,5)4-3-6/h6H,3-4H2,1-2H3. The van der Waals surface area contributed by atoms with E-state index in [4.69, 9.17) is 5.11 Å². The quantitative estimate of drug-likeness (QED) is 0.691. The Kier molecular flexibility index (Phi) is 3.28. The molecule has 0 aliphatic rings. The van der Waals surface area contributed by atoms with Crippen molar-refractivity contribution in [3.8, 4) is 0 Å². The number of halogens is 1. The van der Waals surface area contributed by atoms with Crippen LogP contribution in [0.2, 0.25) is 0 Å². The van der Waals surface area contributed by atoms with Crippen LogP contribution in [-0.4, -0.2) is 30.0 Å². The van der Waals surface area contributed by atoms with Crippen molar-refractivity contribution in [1.29, 1.82) is 0 Å². The topological polar surface area (TPSA) is 20.2 Å². The van der Waals surface area contributed by atoms with Crippen LogP contribution in [0.15, 0.2) is 0 Å². The molecule has 1 N–H and O–H groups in total. The molecular weight excluding hydrogens is 176 g/mol. The Morgan fingerprint density at radius 2 is 2.00 bits per heavy atom. The summed E-state index contributed by atoms with van der Waals surface area (Å²) in [5, 5.41) is 8.39. The third kappa shape index (κ3) is 6.79. The van der Waals surface area contributed by atoms with Gasteiger partial charge in [0.25, 0.3) is 0 Å². The Bertz CT molecular complexity index is 50.1. The summed E-state index contributed by atoms with van der Waals surface area (Å²) in [4.78, 5) is 0. The highest BCUT2D eigenvalue weighted by Crippen LogP contribution is 2.47. The molecule has 46 valence electrons. The van der Waals surface area contributed by atoms with Crippen LogP contribution in [0.3, 0.4) is 0 Å². The van der Waals surface area contributed by atoms with E-state index < -0.39 is 8.46 Å². The molecule has 1 nitrogen and oxygen atoms in total. The Labute approximate surface area is 53.6 Å². The van der Waals surface area contributed by atoms with Gasteiger partial charge in [-0.25, -0.2) is 0 Å². The molecule has 0 heterocycles. The molecule has 0 aliphatic heterocycles. The molecule has 3 heteroatoms. The van der Waals surface area contributed by atoms with Crippen molar-refractivity contribution in [2.24, 2.45) is 0 Å². The number of hydrogen-bond donors (Lipinski definition) is 1. The van der Waals surface area contributed by atoms with Gasteiger partial charge in [0.05, 0.1) is 6.61 Å². The lowest BCUT2D eigenvalue weighted by atomic mass is 10.9. The highest BCUT2D eigenvalue weighted by atomic mass is 79.9. The third-order valence-corrected chi connectivity index (χ3v) is 2.70. The molecule has 0 saturated heterocycles. The van der Waals surface area contributed by atoms with E-state index in [9.17, 15) is 0 Å². The first kappa shape index (κ1) is 7.79. The fourth-order valence-electron chi connectivity index (χ4n) is 0.217. The maximum Gasteiger partial charge on any atom is 0.0514 e. The molecule has 0 aliphatic carbocycles. The summed E-state index contributed by atoms with van der Waals surface area (Å²) >= 11 is 3.46. The van der Waals surface area contributed by atoms with Gasteiger partial charge in [-0.1, -0.05) is 0 Å². The van der Waals surface area contributed by atoms with Crippen molar-refractivity contribution in [2.75, 3.05) is 24.9 Å². The third-order valence-electron chi connectivity index (χ3n) is 0.577. The van der Waals surface area contributed by atoms with Crippen LogP contribution >= 0.6 is 23.3 Å². The minimum absolute atomic E-state index is 0.299. The van der Waals surface area contributed by atoms with Crippen LogP contribution in [0.5, 0.6) is 0 Å². The van der Waals surface area contributed by atoms with Crippen LogP contribution in [0, 0.1) is 0 Å². The highest BCUT2D eigenvalue weighted by Gasteiger charge is 2.02. The van der Waals surface area contributed by atoms with Crippen LogP contribution in [-0.2, 0) is 0 Å². The van der Waals surface area contributed by atoms with E-state index in [1.165, 1.54) is 0 Å². The normalized spacial score (nSPS) is 14.3. The van der Waals surface area contributed by atoms with Crippen molar-refractivity contribution >= 4 is 23.3 Å². The molecule has 0 aromatic carbocycles. The van der Waals surface area contributed by atoms with Gasteiger partial charge in [0.15, 0.2) is 0 Å². The lowest BCUT2D eigenvalue weighted by Crippen LogP contribution is -1.96. The summed E-state index contributed by atoms with van der Waals surface area (Å²) in [5.41, 5.74) is 0. The molecule has 0 saturated carbocycles. The van der Waals surface area contributed by atoms with E-state index >= 15 is 0 Å². The Balaban J connectivity index is 3.15. The largest absolute Gasteiger partial charge is 0.396 e. The van der Waals surface area contributed by atoms with E-state index in [1.54, 1.807) is 0 Å². The summed E-state index contributed by atoms with van der Waals surface area (Å²) in [6, 6.07) is 0.